The minimum atomic E-state index is -1.27. The molecule has 2 amide bonds. The number of carboxylic acid groups (broad SMARTS) is 2. The molecule has 0 aromatic carbocycles. The summed E-state index contributed by atoms with van der Waals surface area (Å²) in [7, 11) is 0. The summed E-state index contributed by atoms with van der Waals surface area (Å²) >= 11 is 0. The van der Waals surface area contributed by atoms with Crippen LogP contribution >= 0.6 is 0 Å². The zero-order chi connectivity index (χ0) is 14.8. The Morgan fingerprint density at radius 1 is 1.10 bits per heavy atom. The monoisotopic (exact) mass is 328 g/mol. The van der Waals surface area contributed by atoms with Crippen LogP contribution in [0.15, 0.2) is 0 Å². The number of carboxylic acids is 2. The van der Waals surface area contributed by atoms with E-state index in [1.807, 2.05) is 0 Å². The Morgan fingerprint density at radius 2 is 1.67 bits per heavy atom. The number of nitrogens with one attached hydrogen (secondary N) is 3. The van der Waals surface area contributed by atoms with Crippen molar-refractivity contribution in [3.8, 4) is 0 Å². The van der Waals surface area contributed by atoms with Crippen molar-refractivity contribution in [2.24, 2.45) is 0 Å². The minimum Gasteiger partial charge on any atom is -0.670 e. The molecule has 0 rings (SSSR count). The quantitative estimate of drug-likeness (QED) is 0.253. The first-order chi connectivity index (χ1) is 8.86. The number of carbonyl (C=O) groups is 4. The van der Waals surface area contributed by atoms with Gasteiger partial charge in [-0.15, -0.1) is 0 Å². The molecule has 0 saturated carbocycles. The van der Waals surface area contributed by atoms with Crippen molar-refractivity contribution in [1.29, 1.82) is 0 Å². The van der Waals surface area contributed by atoms with E-state index >= 15 is 0 Å². The van der Waals surface area contributed by atoms with Gasteiger partial charge in [0, 0.05) is 6.42 Å². The van der Waals surface area contributed by atoms with Crippen LogP contribution in [0.3, 0.4) is 0 Å². The first-order valence-electron chi connectivity index (χ1n) is 5.52. The van der Waals surface area contributed by atoms with E-state index in [2.05, 4.69) is 10.6 Å². The maximum atomic E-state index is 11.3. The van der Waals surface area contributed by atoms with E-state index in [-0.39, 0.29) is 78.1 Å². The Morgan fingerprint density at radius 3 is 2.10 bits per heavy atom. The maximum absolute atomic E-state index is 11.3. The van der Waals surface area contributed by atoms with E-state index in [9.17, 15) is 19.2 Å². The van der Waals surface area contributed by atoms with Crippen LogP contribution in [0, 0.1) is 7.43 Å². The molecule has 0 spiro atoms. The zero-order valence-electron chi connectivity index (χ0n) is 12.1. The predicted molar refractivity (Wildman–Crippen MR) is 69.7 cm³/mol. The standard InChI is InChI=1S/C10H16N3O6.CH3.K/c11-4-7(14)12-5-8(15)13-6(10(18)19)2-1-3-9(16)17;;/h6,11H,1-5H2,(H,12,14)(H,13,15)(H,16,17)(H,18,19);1H3;/q2*-1;+1. The largest absolute Gasteiger partial charge is 1.00 e. The summed E-state index contributed by atoms with van der Waals surface area (Å²) < 4.78 is 0. The predicted octanol–water partition coefficient (Wildman–Crippen LogP) is -3.57. The molecule has 0 aliphatic carbocycles. The molecule has 9 nitrogen and oxygen atoms in total. The summed E-state index contributed by atoms with van der Waals surface area (Å²) in [5, 5.41) is 21.5. The van der Waals surface area contributed by atoms with Gasteiger partial charge in [0.05, 0.1) is 6.54 Å². The van der Waals surface area contributed by atoms with Crippen LogP contribution in [0.5, 0.6) is 0 Å². The van der Waals surface area contributed by atoms with Crippen molar-refractivity contribution < 1.29 is 80.8 Å². The van der Waals surface area contributed by atoms with Crippen LogP contribution < -0.4 is 62.0 Å². The summed E-state index contributed by atoms with van der Waals surface area (Å²) in [6, 6.07) is -1.19. The fraction of sp³-hybridized carbons (Fsp3) is 0.545. The molecule has 0 fully saturated rings. The molecule has 21 heavy (non-hydrogen) atoms. The second-order valence-electron chi connectivity index (χ2n) is 3.70. The van der Waals surface area contributed by atoms with Gasteiger partial charge in [0.15, 0.2) is 5.91 Å². The summed E-state index contributed by atoms with van der Waals surface area (Å²) in [6.45, 7) is -0.936. The van der Waals surface area contributed by atoms with Gasteiger partial charge in [-0.1, -0.05) is 6.54 Å². The number of hydrogen-bond acceptors (Lipinski definition) is 4. The fourth-order valence-electron chi connectivity index (χ4n) is 1.20. The van der Waals surface area contributed by atoms with E-state index in [0.29, 0.717) is 0 Å². The molecule has 0 saturated heterocycles. The molecule has 5 N–H and O–H groups in total. The van der Waals surface area contributed by atoms with E-state index in [1.165, 1.54) is 0 Å². The second-order valence-corrected chi connectivity index (χ2v) is 3.70. The molecule has 0 aliphatic heterocycles. The molecule has 0 aliphatic rings. The summed E-state index contributed by atoms with van der Waals surface area (Å²) in [6.07, 6.45) is -0.0827. The molecule has 0 bridgehead atoms. The van der Waals surface area contributed by atoms with E-state index in [4.69, 9.17) is 15.9 Å². The fourth-order valence-corrected chi connectivity index (χ4v) is 1.20. The Bertz CT molecular complexity index is 364. The number of hydrogen-bond donors (Lipinski definition) is 4. The van der Waals surface area contributed by atoms with Crippen LogP contribution in [-0.4, -0.2) is 53.1 Å². The number of amides is 2. The Labute approximate surface area is 165 Å². The number of aliphatic carboxylic acids is 2. The molecule has 10 heteroatoms. The van der Waals surface area contributed by atoms with Gasteiger partial charge >= 0.3 is 63.3 Å². The number of rotatable bonds is 9. The van der Waals surface area contributed by atoms with Crippen LogP contribution in [-0.2, 0) is 19.2 Å². The van der Waals surface area contributed by atoms with Gasteiger partial charge < -0.3 is 34.0 Å². The van der Waals surface area contributed by atoms with Crippen molar-refractivity contribution in [1.82, 2.24) is 10.6 Å². The van der Waals surface area contributed by atoms with E-state index in [1.54, 1.807) is 0 Å². The molecule has 1 atom stereocenters. The SMILES string of the molecule is [CH3-].[K+].[NH-]CC(=O)NCC(=O)NC(CCCC(=O)O)C(=O)O. The van der Waals surface area contributed by atoms with Crippen molar-refractivity contribution >= 4 is 23.8 Å². The topological polar surface area (TPSA) is 157 Å². The third-order valence-electron chi connectivity index (χ3n) is 2.12. The van der Waals surface area contributed by atoms with Crippen molar-refractivity contribution in [3.63, 3.8) is 0 Å². The van der Waals surface area contributed by atoms with Gasteiger partial charge in [-0.2, -0.15) is 0 Å². The van der Waals surface area contributed by atoms with E-state index in [0.717, 1.165) is 0 Å². The number of carbonyl (C=O) groups excluding carboxylic acids is 2. The minimum absolute atomic E-state index is 0. The van der Waals surface area contributed by atoms with E-state index < -0.39 is 42.9 Å². The van der Waals surface area contributed by atoms with Crippen LogP contribution in [0.2, 0.25) is 0 Å². The molecule has 0 aromatic rings. The van der Waals surface area contributed by atoms with Gasteiger partial charge in [-0.25, -0.2) is 4.79 Å². The maximum Gasteiger partial charge on any atom is 1.00 e. The smallest absolute Gasteiger partial charge is 0.670 e. The van der Waals surface area contributed by atoms with Crippen molar-refractivity contribution in [2.45, 2.75) is 25.3 Å². The Balaban J connectivity index is -0.00000162. The molecule has 1 unspecified atom stereocenters. The average Bonchev–Trinajstić information content (AvgIpc) is 2.34. The first kappa shape index (κ1) is 25.4. The van der Waals surface area contributed by atoms with Gasteiger partial charge in [0.2, 0.25) is 5.91 Å². The van der Waals surface area contributed by atoms with Gasteiger partial charge in [-0.3, -0.25) is 14.4 Å². The van der Waals surface area contributed by atoms with Crippen molar-refractivity contribution in [2.75, 3.05) is 13.1 Å². The second kappa shape index (κ2) is 14.4. The normalized spacial score (nSPS) is 10.3. The third kappa shape index (κ3) is 14.2. The summed E-state index contributed by atoms with van der Waals surface area (Å²) in [5.74, 6) is -3.67. The Kier molecular flexibility index (Phi) is 17.5. The molecule has 0 aromatic heterocycles. The van der Waals surface area contributed by atoms with Gasteiger partial charge in [-0.05, 0) is 12.8 Å². The van der Waals surface area contributed by atoms with Gasteiger partial charge in [0.1, 0.15) is 6.04 Å². The molecule has 0 heterocycles. The summed E-state index contributed by atoms with van der Waals surface area (Å²) in [4.78, 5) is 43.1. The van der Waals surface area contributed by atoms with Gasteiger partial charge in [0.25, 0.3) is 0 Å². The molecule has 116 valence electrons. The van der Waals surface area contributed by atoms with Crippen molar-refractivity contribution in [3.05, 3.63) is 13.2 Å². The molecule has 0 radical (unpaired) electrons. The first-order valence-corrected chi connectivity index (χ1v) is 5.52. The summed E-state index contributed by atoms with van der Waals surface area (Å²) in [5.41, 5.74) is 6.70. The Hall–Kier alpha value is -0.524. The third-order valence-corrected chi connectivity index (χ3v) is 2.12. The van der Waals surface area contributed by atoms with Crippen LogP contribution in [0.1, 0.15) is 19.3 Å². The van der Waals surface area contributed by atoms with Crippen LogP contribution in [0.25, 0.3) is 5.73 Å². The zero-order valence-corrected chi connectivity index (χ0v) is 15.3. The molecular weight excluding hydrogens is 309 g/mol. The average molecular weight is 328 g/mol. The molecular formula is C11H19KN3O6-. The van der Waals surface area contributed by atoms with Crippen LogP contribution in [0.4, 0.5) is 0 Å².